The van der Waals surface area contributed by atoms with E-state index in [-0.39, 0.29) is 6.54 Å². The minimum Gasteiger partial charge on any atom is -0.312 e. The summed E-state index contributed by atoms with van der Waals surface area (Å²) in [5, 5.41) is 2.76. The summed E-state index contributed by atoms with van der Waals surface area (Å²) in [7, 11) is 0. The molecule has 0 aliphatic heterocycles. The molecule has 1 nitrogen and oxygen atoms in total. The topological polar surface area (TPSA) is 12.0 Å². The van der Waals surface area contributed by atoms with Crippen molar-refractivity contribution in [1.82, 2.24) is 5.32 Å². The maximum atomic E-state index is 11.9. The molecule has 1 rings (SSSR count). The first kappa shape index (κ1) is 13.5. The smallest absolute Gasteiger partial charge is 0.312 e. The number of hydrogen-bond donors (Lipinski definition) is 1. The summed E-state index contributed by atoms with van der Waals surface area (Å²) in [5.74, 6) is 0. The lowest BCUT2D eigenvalue weighted by Crippen LogP contribution is -2.21. The number of nitrogens with one attached hydrogen (secondary N) is 1. The Labute approximate surface area is 101 Å². The van der Waals surface area contributed by atoms with Gasteiger partial charge in [0.2, 0.25) is 0 Å². The van der Waals surface area contributed by atoms with Crippen molar-refractivity contribution in [2.75, 3.05) is 6.54 Å². The maximum Gasteiger partial charge on any atom is 0.390 e. The number of hydrogen-bond acceptors (Lipinski definition) is 1. The highest BCUT2D eigenvalue weighted by Crippen LogP contribution is 2.19. The zero-order chi connectivity index (χ0) is 12.2. The summed E-state index contributed by atoms with van der Waals surface area (Å²) >= 11 is 3.38. The maximum absolute atomic E-state index is 11.9. The normalized spacial score (nSPS) is 11.8. The lowest BCUT2D eigenvalue weighted by atomic mass is 10.1. The number of halogens is 4. The van der Waals surface area contributed by atoms with Gasteiger partial charge in [0.1, 0.15) is 0 Å². The van der Waals surface area contributed by atoms with Gasteiger partial charge in [-0.25, -0.2) is 0 Å². The third-order valence-electron chi connectivity index (χ3n) is 2.15. The van der Waals surface area contributed by atoms with Crippen molar-refractivity contribution in [2.24, 2.45) is 0 Å². The molecule has 0 spiro atoms. The van der Waals surface area contributed by atoms with Gasteiger partial charge in [-0.15, -0.1) is 0 Å². The molecule has 0 bridgehead atoms. The van der Waals surface area contributed by atoms with Gasteiger partial charge in [0.05, 0.1) is 6.42 Å². The summed E-state index contributed by atoms with van der Waals surface area (Å²) in [6.45, 7) is 2.37. The second-order valence-corrected chi connectivity index (χ2v) is 4.48. The molecule has 1 N–H and O–H groups in total. The van der Waals surface area contributed by atoms with Crippen molar-refractivity contribution in [3.63, 3.8) is 0 Å². The fourth-order valence-corrected chi connectivity index (χ4v) is 1.64. The monoisotopic (exact) mass is 295 g/mol. The van der Waals surface area contributed by atoms with Crippen LogP contribution in [0.15, 0.2) is 22.7 Å². The van der Waals surface area contributed by atoms with Crippen LogP contribution in [-0.2, 0) is 6.54 Å². The molecule has 0 amide bonds. The van der Waals surface area contributed by atoms with E-state index >= 15 is 0 Å². The van der Waals surface area contributed by atoms with E-state index in [0.29, 0.717) is 6.54 Å². The highest BCUT2D eigenvalue weighted by molar-refractivity contribution is 9.10. The van der Waals surface area contributed by atoms with Crippen LogP contribution in [-0.4, -0.2) is 12.7 Å². The van der Waals surface area contributed by atoms with Crippen molar-refractivity contribution in [2.45, 2.75) is 26.1 Å². The molecule has 0 heterocycles. The van der Waals surface area contributed by atoms with E-state index < -0.39 is 12.6 Å². The van der Waals surface area contributed by atoms with Crippen LogP contribution in [0.2, 0.25) is 0 Å². The van der Waals surface area contributed by atoms with Gasteiger partial charge in [0.25, 0.3) is 0 Å². The summed E-state index contributed by atoms with van der Waals surface area (Å²) in [6, 6.07) is 5.75. The van der Waals surface area contributed by atoms with Gasteiger partial charge >= 0.3 is 6.18 Å². The van der Waals surface area contributed by atoms with Crippen LogP contribution in [0.4, 0.5) is 13.2 Å². The number of aryl methyl sites for hydroxylation is 1. The van der Waals surface area contributed by atoms with Gasteiger partial charge in [-0.05, 0) is 24.1 Å². The molecule has 5 heteroatoms. The molecule has 1 aromatic rings. The van der Waals surface area contributed by atoms with Gasteiger partial charge in [0, 0.05) is 17.6 Å². The third kappa shape index (κ3) is 4.99. The van der Waals surface area contributed by atoms with Gasteiger partial charge < -0.3 is 5.32 Å². The Morgan fingerprint density at radius 1 is 1.31 bits per heavy atom. The number of alkyl halides is 3. The molecule has 16 heavy (non-hydrogen) atoms. The Balaban J connectivity index is 2.35. The third-order valence-corrected chi connectivity index (χ3v) is 3.00. The molecule has 1 aromatic carbocycles. The second kappa shape index (κ2) is 5.68. The van der Waals surface area contributed by atoms with Crippen molar-refractivity contribution < 1.29 is 13.2 Å². The average Bonchev–Trinajstić information content (AvgIpc) is 2.17. The lowest BCUT2D eigenvalue weighted by Gasteiger charge is -2.08. The Bertz CT molecular complexity index is 350. The SMILES string of the molecule is Cc1ccc(CNCCC(F)(F)F)cc1Br. The number of rotatable bonds is 4. The fraction of sp³-hybridized carbons (Fsp3) is 0.455. The average molecular weight is 296 g/mol. The van der Waals surface area contributed by atoms with Crippen LogP contribution in [0.1, 0.15) is 17.5 Å². The molecule has 0 saturated carbocycles. The van der Waals surface area contributed by atoms with Crippen LogP contribution >= 0.6 is 15.9 Å². The highest BCUT2D eigenvalue weighted by atomic mass is 79.9. The molecule has 90 valence electrons. The molecule has 0 aromatic heterocycles. The minimum atomic E-state index is -4.08. The van der Waals surface area contributed by atoms with Gasteiger partial charge in [-0.3, -0.25) is 0 Å². The van der Waals surface area contributed by atoms with Crippen molar-refractivity contribution in [3.05, 3.63) is 33.8 Å². The minimum absolute atomic E-state index is 0.0466. The Morgan fingerprint density at radius 3 is 2.56 bits per heavy atom. The zero-order valence-electron chi connectivity index (χ0n) is 8.87. The van der Waals surface area contributed by atoms with Crippen LogP contribution < -0.4 is 5.32 Å². The van der Waals surface area contributed by atoms with Crippen LogP contribution in [0.25, 0.3) is 0 Å². The van der Waals surface area contributed by atoms with Crippen LogP contribution in [0, 0.1) is 6.92 Å². The number of benzene rings is 1. The first-order valence-corrected chi connectivity index (χ1v) is 5.70. The second-order valence-electron chi connectivity index (χ2n) is 3.63. The van der Waals surface area contributed by atoms with E-state index in [1.54, 1.807) is 0 Å². The van der Waals surface area contributed by atoms with Crippen molar-refractivity contribution in [3.8, 4) is 0 Å². The van der Waals surface area contributed by atoms with E-state index in [0.717, 1.165) is 15.6 Å². The van der Waals surface area contributed by atoms with Gasteiger partial charge in [-0.2, -0.15) is 13.2 Å². The van der Waals surface area contributed by atoms with Gasteiger partial charge in [-0.1, -0.05) is 28.1 Å². The quantitative estimate of drug-likeness (QED) is 0.833. The summed E-state index contributed by atoms with van der Waals surface area (Å²) in [5.41, 5.74) is 2.08. The molecule has 0 saturated heterocycles. The molecule has 0 aliphatic rings. The van der Waals surface area contributed by atoms with E-state index in [2.05, 4.69) is 21.2 Å². The van der Waals surface area contributed by atoms with E-state index in [4.69, 9.17) is 0 Å². The summed E-state index contributed by atoms with van der Waals surface area (Å²) in [4.78, 5) is 0. The predicted octanol–water partition coefficient (Wildman–Crippen LogP) is 3.80. The standard InChI is InChI=1S/C11H13BrF3N/c1-8-2-3-9(6-10(8)12)7-16-5-4-11(13,14)15/h2-3,6,16H,4-5,7H2,1H3. The summed E-state index contributed by atoms with van der Waals surface area (Å²) in [6.07, 6.45) is -4.87. The van der Waals surface area contributed by atoms with Crippen molar-refractivity contribution >= 4 is 15.9 Å². The van der Waals surface area contributed by atoms with E-state index in [1.165, 1.54) is 0 Å². The predicted molar refractivity (Wildman–Crippen MR) is 61.3 cm³/mol. The highest BCUT2D eigenvalue weighted by Gasteiger charge is 2.25. The van der Waals surface area contributed by atoms with Crippen LogP contribution in [0.5, 0.6) is 0 Å². The molecule has 0 fully saturated rings. The van der Waals surface area contributed by atoms with E-state index in [1.807, 2.05) is 25.1 Å². The molecule has 0 aliphatic carbocycles. The Morgan fingerprint density at radius 2 is 2.00 bits per heavy atom. The summed E-state index contributed by atoms with van der Waals surface area (Å²) < 4.78 is 36.5. The van der Waals surface area contributed by atoms with Gasteiger partial charge in [0.15, 0.2) is 0 Å². The first-order chi connectivity index (χ1) is 7.38. The Hall–Kier alpha value is -0.550. The fourth-order valence-electron chi connectivity index (χ4n) is 1.21. The molecular weight excluding hydrogens is 283 g/mol. The molecule has 0 atom stereocenters. The lowest BCUT2D eigenvalue weighted by molar-refractivity contribution is -0.133. The van der Waals surface area contributed by atoms with E-state index in [9.17, 15) is 13.2 Å². The van der Waals surface area contributed by atoms with Crippen molar-refractivity contribution in [1.29, 1.82) is 0 Å². The zero-order valence-corrected chi connectivity index (χ0v) is 10.5. The first-order valence-electron chi connectivity index (χ1n) is 4.91. The Kier molecular flexibility index (Phi) is 4.80. The molecule has 0 radical (unpaired) electrons. The molecular formula is C11H13BrF3N. The largest absolute Gasteiger partial charge is 0.390 e. The molecule has 0 unspecified atom stereocenters. The van der Waals surface area contributed by atoms with Crippen LogP contribution in [0.3, 0.4) is 0 Å².